The smallest absolute Gasteiger partial charge is 0.241 e. The van der Waals surface area contributed by atoms with Crippen molar-refractivity contribution in [2.45, 2.75) is 19.9 Å². The average Bonchev–Trinajstić information content (AvgIpc) is 2.96. The lowest BCUT2D eigenvalue weighted by molar-refractivity contribution is 0.203. The lowest BCUT2D eigenvalue weighted by Gasteiger charge is -2.25. The molecule has 3 rings (SSSR count). The van der Waals surface area contributed by atoms with Gasteiger partial charge in [-0.05, 0) is 12.0 Å². The quantitative estimate of drug-likeness (QED) is 0.918. The molecule has 0 spiro atoms. The van der Waals surface area contributed by atoms with Crippen LogP contribution in [0.4, 0.5) is 0 Å². The first kappa shape index (κ1) is 13.3. The number of aromatic nitrogens is 2. The van der Waals surface area contributed by atoms with Gasteiger partial charge in [0.2, 0.25) is 11.7 Å². The molecule has 0 amide bonds. The SMILES string of the molecule is CCc1ccccc1-c1noc(CN2CCNCC2)n1. The summed E-state index contributed by atoms with van der Waals surface area (Å²) in [7, 11) is 0. The van der Waals surface area contributed by atoms with E-state index in [0.29, 0.717) is 11.7 Å². The Morgan fingerprint density at radius 2 is 2.05 bits per heavy atom. The van der Waals surface area contributed by atoms with Crippen molar-refractivity contribution in [2.75, 3.05) is 26.2 Å². The van der Waals surface area contributed by atoms with Gasteiger partial charge in [0, 0.05) is 31.7 Å². The van der Waals surface area contributed by atoms with E-state index >= 15 is 0 Å². The first-order chi connectivity index (χ1) is 9.86. The highest BCUT2D eigenvalue weighted by atomic mass is 16.5. The molecule has 1 aliphatic rings. The Labute approximate surface area is 119 Å². The fourth-order valence-electron chi connectivity index (χ4n) is 2.54. The van der Waals surface area contributed by atoms with E-state index in [1.807, 2.05) is 12.1 Å². The van der Waals surface area contributed by atoms with Crippen LogP contribution in [0.15, 0.2) is 28.8 Å². The molecule has 5 nitrogen and oxygen atoms in total. The van der Waals surface area contributed by atoms with Crippen LogP contribution in [0.3, 0.4) is 0 Å². The highest BCUT2D eigenvalue weighted by molar-refractivity contribution is 5.59. The second-order valence-electron chi connectivity index (χ2n) is 5.05. The van der Waals surface area contributed by atoms with Crippen molar-refractivity contribution < 1.29 is 4.52 Å². The van der Waals surface area contributed by atoms with Crippen LogP contribution < -0.4 is 5.32 Å². The maximum Gasteiger partial charge on any atom is 0.241 e. The van der Waals surface area contributed by atoms with Gasteiger partial charge >= 0.3 is 0 Å². The van der Waals surface area contributed by atoms with Gasteiger partial charge in [0.1, 0.15) is 0 Å². The molecule has 2 aromatic rings. The van der Waals surface area contributed by atoms with Gasteiger partial charge in [-0.2, -0.15) is 4.98 Å². The van der Waals surface area contributed by atoms with E-state index in [1.165, 1.54) is 5.56 Å². The minimum Gasteiger partial charge on any atom is -0.338 e. The van der Waals surface area contributed by atoms with Crippen molar-refractivity contribution >= 4 is 0 Å². The van der Waals surface area contributed by atoms with Gasteiger partial charge in [0.05, 0.1) is 6.54 Å². The Kier molecular flexibility index (Phi) is 4.08. The summed E-state index contributed by atoms with van der Waals surface area (Å²) in [5, 5.41) is 7.47. The largest absolute Gasteiger partial charge is 0.338 e. The zero-order valence-electron chi connectivity index (χ0n) is 11.8. The number of aryl methyl sites for hydroxylation is 1. The number of benzene rings is 1. The molecule has 0 saturated carbocycles. The summed E-state index contributed by atoms with van der Waals surface area (Å²) in [6.45, 7) is 7.00. The normalized spacial score (nSPS) is 16.4. The number of rotatable bonds is 4. The lowest BCUT2D eigenvalue weighted by atomic mass is 10.1. The Hall–Kier alpha value is -1.72. The zero-order valence-corrected chi connectivity index (χ0v) is 11.8. The van der Waals surface area contributed by atoms with E-state index in [-0.39, 0.29) is 0 Å². The Bertz CT molecular complexity index is 561. The van der Waals surface area contributed by atoms with Gasteiger partial charge in [0.25, 0.3) is 0 Å². The third kappa shape index (κ3) is 2.89. The predicted octanol–water partition coefficient (Wildman–Crippen LogP) is 1.70. The maximum absolute atomic E-state index is 5.40. The number of piperazine rings is 1. The Morgan fingerprint density at radius 3 is 2.85 bits per heavy atom. The Morgan fingerprint density at radius 1 is 1.25 bits per heavy atom. The van der Waals surface area contributed by atoms with Gasteiger partial charge in [-0.15, -0.1) is 0 Å². The van der Waals surface area contributed by atoms with Crippen molar-refractivity contribution in [3.63, 3.8) is 0 Å². The van der Waals surface area contributed by atoms with Crippen LogP contribution in [-0.2, 0) is 13.0 Å². The molecule has 1 fully saturated rings. The molecular formula is C15H20N4O. The summed E-state index contributed by atoms with van der Waals surface area (Å²) in [4.78, 5) is 6.88. The molecule has 2 heterocycles. The molecule has 1 aliphatic heterocycles. The third-order valence-electron chi connectivity index (χ3n) is 3.68. The van der Waals surface area contributed by atoms with Crippen molar-refractivity contribution in [3.05, 3.63) is 35.7 Å². The highest BCUT2D eigenvalue weighted by Gasteiger charge is 2.15. The summed E-state index contributed by atoms with van der Waals surface area (Å²) in [5.41, 5.74) is 2.33. The van der Waals surface area contributed by atoms with Gasteiger partial charge in [-0.3, -0.25) is 4.90 Å². The molecule has 1 aromatic carbocycles. The zero-order chi connectivity index (χ0) is 13.8. The van der Waals surface area contributed by atoms with E-state index < -0.39 is 0 Å². The van der Waals surface area contributed by atoms with E-state index in [4.69, 9.17) is 4.52 Å². The molecule has 0 bridgehead atoms. The number of nitrogens with zero attached hydrogens (tertiary/aromatic N) is 3. The second kappa shape index (κ2) is 6.15. The fourth-order valence-corrected chi connectivity index (χ4v) is 2.54. The predicted molar refractivity (Wildman–Crippen MR) is 77.3 cm³/mol. The van der Waals surface area contributed by atoms with Crippen LogP contribution >= 0.6 is 0 Å². The van der Waals surface area contributed by atoms with Gasteiger partial charge < -0.3 is 9.84 Å². The lowest BCUT2D eigenvalue weighted by Crippen LogP contribution is -2.42. The molecule has 1 N–H and O–H groups in total. The van der Waals surface area contributed by atoms with Crippen LogP contribution in [0.5, 0.6) is 0 Å². The van der Waals surface area contributed by atoms with Crippen LogP contribution in [-0.4, -0.2) is 41.2 Å². The summed E-state index contributed by atoms with van der Waals surface area (Å²) in [6, 6.07) is 8.23. The van der Waals surface area contributed by atoms with Crippen LogP contribution in [0, 0.1) is 0 Å². The van der Waals surface area contributed by atoms with Gasteiger partial charge in [-0.1, -0.05) is 36.3 Å². The van der Waals surface area contributed by atoms with Gasteiger partial charge in [0.15, 0.2) is 0 Å². The summed E-state index contributed by atoms with van der Waals surface area (Å²) in [5.74, 6) is 1.40. The molecule has 1 saturated heterocycles. The van der Waals surface area contributed by atoms with Crippen molar-refractivity contribution in [1.29, 1.82) is 0 Å². The molecular weight excluding hydrogens is 252 g/mol. The number of nitrogens with one attached hydrogen (secondary N) is 1. The van der Waals surface area contributed by atoms with Crippen molar-refractivity contribution in [2.24, 2.45) is 0 Å². The minimum absolute atomic E-state index is 0.701. The first-order valence-electron chi connectivity index (χ1n) is 7.20. The molecule has 1 aromatic heterocycles. The molecule has 5 heteroatoms. The highest BCUT2D eigenvalue weighted by Crippen LogP contribution is 2.21. The maximum atomic E-state index is 5.40. The Balaban J connectivity index is 1.75. The standard InChI is InChI=1S/C15H20N4O/c1-2-12-5-3-4-6-13(12)15-17-14(20-18-15)11-19-9-7-16-8-10-19/h3-6,16H,2,7-11H2,1H3. The van der Waals surface area contributed by atoms with Crippen LogP contribution in [0.25, 0.3) is 11.4 Å². The number of hydrogen-bond acceptors (Lipinski definition) is 5. The third-order valence-corrected chi connectivity index (χ3v) is 3.68. The summed E-state index contributed by atoms with van der Waals surface area (Å²) in [6.07, 6.45) is 0.970. The first-order valence-corrected chi connectivity index (χ1v) is 7.20. The monoisotopic (exact) mass is 272 g/mol. The van der Waals surface area contributed by atoms with E-state index in [1.54, 1.807) is 0 Å². The second-order valence-corrected chi connectivity index (χ2v) is 5.05. The molecule has 20 heavy (non-hydrogen) atoms. The molecule has 0 radical (unpaired) electrons. The minimum atomic E-state index is 0.701. The van der Waals surface area contributed by atoms with Crippen LogP contribution in [0.2, 0.25) is 0 Å². The summed E-state index contributed by atoms with van der Waals surface area (Å²) < 4.78 is 5.40. The van der Waals surface area contributed by atoms with Crippen molar-refractivity contribution in [3.8, 4) is 11.4 Å². The molecule has 0 aliphatic carbocycles. The van der Waals surface area contributed by atoms with E-state index in [0.717, 1.165) is 44.7 Å². The molecule has 0 atom stereocenters. The van der Waals surface area contributed by atoms with Crippen molar-refractivity contribution in [1.82, 2.24) is 20.4 Å². The van der Waals surface area contributed by atoms with E-state index in [2.05, 4.69) is 39.4 Å². The molecule has 0 unspecified atom stereocenters. The topological polar surface area (TPSA) is 54.2 Å². The van der Waals surface area contributed by atoms with E-state index in [9.17, 15) is 0 Å². The van der Waals surface area contributed by atoms with Crippen LogP contribution in [0.1, 0.15) is 18.4 Å². The fraction of sp³-hybridized carbons (Fsp3) is 0.467. The average molecular weight is 272 g/mol. The summed E-state index contributed by atoms with van der Waals surface area (Å²) >= 11 is 0. The molecule has 106 valence electrons. The van der Waals surface area contributed by atoms with Gasteiger partial charge in [-0.25, -0.2) is 0 Å². The number of hydrogen-bond donors (Lipinski definition) is 1.